The van der Waals surface area contributed by atoms with Gasteiger partial charge in [0.25, 0.3) is 5.91 Å². The van der Waals surface area contributed by atoms with Crippen molar-refractivity contribution < 1.29 is 4.79 Å². The summed E-state index contributed by atoms with van der Waals surface area (Å²) in [5, 5.41) is 3.94. The zero-order chi connectivity index (χ0) is 15.8. The molecular formula is C18H14N4O. The monoisotopic (exact) mass is 302 g/mol. The van der Waals surface area contributed by atoms with Gasteiger partial charge in [-0.05, 0) is 31.2 Å². The molecule has 1 aromatic carbocycles. The Morgan fingerprint density at radius 2 is 1.96 bits per heavy atom. The van der Waals surface area contributed by atoms with E-state index in [0.717, 1.165) is 16.6 Å². The van der Waals surface area contributed by atoms with E-state index in [-0.39, 0.29) is 5.91 Å². The molecule has 0 spiro atoms. The molecule has 3 heterocycles. The number of carbonyl (C=O) groups excluding carboxylic acids is 1. The predicted molar refractivity (Wildman–Crippen MR) is 89.6 cm³/mol. The topological polar surface area (TPSA) is 59.3 Å². The van der Waals surface area contributed by atoms with Crippen LogP contribution >= 0.6 is 0 Å². The zero-order valence-electron chi connectivity index (χ0n) is 12.5. The van der Waals surface area contributed by atoms with Crippen LogP contribution in [0.25, 0.3) is 16.6 Å². The molecule has 112 valence electrons. The highest BCUT2D eigenvalue weighted by Gasteiger charge is 2.17. The van der Waals surface area contributed by atoms with E-state index >= 15 is 0 Å². The van der Waals surface area contributed by atoms with Crippen LogP contribution in [-0.4, -0.2) is 20.3 Å². The van der Waals surface area contributed by atoms with Gasteiger partial charge in [0.15, 0.2) is 0 Å². The molecule has 0 atom stereocenters. The summed E-state index contributed by atoms with van der Waals surface area (Å²) in [5.74, 6) is -0.195. The molecule has 0 bridgehead atoms. The minimum atomic E-state index is -0.195. The maximum Gasteiger partial charge on any atom is 0.274 e. The average molecular weight is 302 g/mol. The van der Waals surface area contributed by atoms with E-state index in [1.165, 1.54) is 0 Å². The summed E-state index contributed by atoms with van der Waals surface area (Å²) in [6.07, 6.45) is 3.56. The van der Waals surface area contributed by atoms with Crippen LogP contribution in [0.1, 0.15) is 16.2 Å². The highest BCUT2D eigenvalue weighted by molar-refractivity contribution is 6.08. The van der Waals surface area contributed by atoms with Crippen molar-refractivity contribution in [3.8, 4) is 0 Å². The number of hydrogen-bond acceptors (Lipinski definition) is 3. The Morgan fingerprint density at radius 3 is 2.87 bits per heavy atom. The first-order valence-corrected chi connectivity index (χ1v) is 7.33. The highest BCUT2D eigenvalue weighted by atomic mass is 16.2. The lowest BCUT2D eigenvalue weighted by molar-refractivity contribution is 0.102. The highest BCUT2D eigenvalue weighted by Crippen LogP contribution is 2.22. The standard InChI is InChI=1S/C18H14N4O/c1-12-17(22-11-3-2-9-15(22)20-12)18(23)21-14-8-4-6-13-7-5-10-19-16(13)14/h2-11H,1H3,(H,21,23). The smallest absolute Gasteiger partial charge is 0.274 e. The van der Waals surface area contributed by atoms with Crippen molar-refractivity contribution in [1.82, 2.24) is 14.4 Å². The second kappa shape index (κ2) is 5.21. The van der Waals surface area contributed by atoms with Gasteiger partial charge in [-0.1, -0.05) is 24.3 Å². The van der Waals surface area contributed by atoms with Crippen LogP contribution in [0.4, 0.5) is 5.69 Å². The number of amides is 1. The SMILES string of the molecule is Cc1nc2ccccn2c1C(=O)Nc1cccc2cccnc12. The number of anilines is 1. The molecule has 5 heteroatoms. The molecule has 0 saturated heterocycles. The number of imidazole rings is 1. The lowest BCUT2D eigenvalue weighted by Gasteiger charge is -2.08. The second-order valence-electron chi connectivity index (χ2n) is 5.31. The second-order valence-corrected chi connectivity index (χ2v) is 5.31. The first kappa shape index (κ1) is 13.5. The van der Waals surface area contributed by atoms with E-state index in [0.29, 0.717) is 17.1 Å². The maximum absolute atomic E-state index is 12.8. The fourth-order valence-electron chi connectivity index (χ4n) is 2.77. The van der Waals surface area contributed by atoms with Crippen molar-refractivity contribution in [3.05, 3.63) is 72.3 Å². The normalized spacial score (nSPS) is 11.0. The van der Waals surface area contributed by atoms with Crippen molar-refractivity contribution in [3.63, 3.8) is 0 Å². The van der Waals surface area contributed by atoms with Crippen LogP contribution in [0.2, 0.25) is 0 Å². The Morgan fingerprint density at radius 1 is 1.09 bits per heavy atom. The zero-order valence-corrected chi connectivity index (χ0v) is 12.5. The molecule has 4 aromatic rings. The number of para-hydroxylation sites is 1. The van der Waals surface area contributed by atoms with Gasteiger partial charge in [0, 0.05) is 17.8 Å². The van der Waals surface area contributed by atoms with Gasteiger partial charge < -0.3 is 5.32 Å². The van der Waals surface area contributed by atoms with Gasteiger partial charge in [-0.2, -0.15) is 0 Å². The van der Waals surface area contributed by atoms with Crippen molar-refractivity contribution in [2.75, 3.05) is 5.32 Å². The predicted octanol–water partition coefficient (Wildman–Crippen LogP) is 3.44. The third-order valence-corrected chi connectivity index (χ3v) is 3.80. The number of rotatable bonds is 2. The number of carbonyl (C=O) groups is 1. The lowest BCUT2D eigenvalue weighted by atomic mass is 10.2. The fourth-order valence-corrected chi connectivity index (χ4v) is 2.77. The fraction of sp³-hybridized carbons (Fsp3) is 0.0556. The summed E-state index contributed by atoms with van der Waals surface area (Å²) in [4.78, 5) is 21.5. The lowest BCUT2D eigenvalue weighted by Crippen LogP contribution is -2.16. The summed E-state index contributed by atoms with van der Waals surface area (Å²) < 4.78 is 1.79. The molecule has 4 rings (SSSR count). The van der Waals surface area contributed by atoms with E-state index < -0.39 is 0 Å². The Labute approximate surface area is 132 Å². The number of fused-ring (bicyclic) bond motifs is 2. The number of aromatic nitrogens is 3. The van der Waals surface area contributed by atoms with Gasteiger partial charge in [-0.25, -0.2) is 4.98 Å². The average Bonchev–Trinajstić information content (AvgIpc) is 2.91. The van der Waals surface area contributed by atoms with Crippen molar-refractivity contribution in [2.24, 2.45) is 0 Å². The van der Waals surface area contributed by atoms with Crippen LogP contribution in [0.15, 0.2) is 60.9 Å². The van der Waals surface area contributed by atoms with Crippen LogP contribution in [0.5, 0.6) is 0 Å². The Hall–Kier alpha value is -3.21. The van der Waals surface area contributed by atoms with Gasteiger partial charge in [-0.15, -0.1) is 0 Å². The van der Waals surface area contributed by atoms with Crippen LogP contribution in [-0.2, 0) is 0 Å². The Bertz CT molecular complexity index is 1030. The van der Waals surface area contributed by atoms with Gasteiger partial charge in [0.05, 0.1) is 16.9 Å². The Kier molecular flexibility index (Phi) is 3.05. The summed E-state index contributed by atoms with van der Waals surface area (Å²) in [6, 6.07) is 15.2. The molecule has 23 heavy (non-hydrogen) atoms. The summed E-state index contributed by atoms with van der Waals surface area (Å²) >= 11 is 0. The Balaban J connectivity index is 1.78. The molecule has 0 unspecified atom stereocenters. The quantitative estimate of drug-likeness (QED) is 0.617. The molecule has 5 nitrogen and oxygen atoms in total. The minimum Gasteiger partial charge on any atom is -0.319 e. The van der Waals surface area contributed by atoms with Crippen LogP contribution in [0, 0.1) is 6.92 Å². The number of aryl methyl sites for hydroxylation is 1. The summed E-state index contributed by atoms with van der Waals surface area (Å²) in [7, 11) is 0. The van der Waals surface area contributed by atoms with Crippen molar-refractivity contribution >= 4 is 28.1 Å². The third-order valence-electron chi connectivity index (χ3n) is 3.80. The molecular weight excluding hydrogens is 288 g/mol. The van der Waals surface area contributed by atoms with Gasteiger partial charge in [0.1, 0.15) is 11.3 Å². The molecule has 0 fully saturated rings. The number of hydrogen-bond donors (Lipinski definition) is 1. The van der Waals surface area contributed by atoms with Crippen LogP contribution < -0.4 is 5.32 Å². The van der Waals surface area contributed by atoms with Crippen LogP contribution in [0.3, 0.4) is 0 Å². The number of nitrogens with one attached hydrogen (secondary N) is 1. The first-order chi connectivity index (χ1) is 11.2. The molecule has 0 aliphatic carbocycles. The molecule has 3 aromatic heterocycles. The number of nitrogens with zero attached hydrogens (tertiary/aromatic N) is 3. The summed E-state index contributed by atoms with van der Waals surface area (Å²) in [5.41, 5.74) is 3.45. The minimum absolute atomic E-state index is 0.195. The molecule has 0 aliphatic rings. The van der Waals surface area contributed by atoms with Crippen molar-refractivity contribution in [1.29, 1.82) is 0 Å². The van der Waals surface area contributed by atoms with E-state index in [2.05, 4.69) is 15.3 Å². The molecule has 0 radical (unpaired) electrons. The van der Waals surface area contributed by atoms with E-state index in [1.807, 2.05) is 61.7 Å². The van der Waals surface area contributed by atoms with E-state index in [4.69, 9.17) is 0 Å². The summed E-state index contributed by atoms with van der Waals surface area (Å²) in [6.45, 7) is 1.84. The molecule has 0 saturated carbocycles. The first-order valence-electron chi connectivity index (χ1n) is 7.33. The largest absolute Gasteiger partial charge is 0.319 e. The van der Waals surface area contributed by atoms with E-state index in [1.54, 1.807) is 10.6 Å². The molecule has 1 amide bonds. The maximum atomic E-state index is 12.8. The van der Waals surface area contributed by atoms with Gasteiger partial charge in [-0.3, -0.25) is 14.2 Å². The molecule has 1 N–H and O–H groups in total. The van der Waals surface area contributed by atoms with Crippen molar-refractivity contribution in [2.45, 2.75) is 6.92 Å². The van der Waals surface area contributed by atoms with Gasteiger partial charge in [0.2, 0.25) is 0 Å². The number of pyridine rings is 2. The molecule has 0 aliphatic heterocycles. The van der Waals surface area contributed by atoms with Gasteiger partial charge >= 0.3 is 0 Å². The number of benzene rings is 1. The van der Waals surface area contributed by atoms with E-state index in [9.17, 15) is 4.79 Å². The third kappa shape index (κ3) is 2.23.